The highest BCUT2D eigenvalue weighted by atomic mass is 79.9. The summed E-state index contributed by atoms with van der Waals surface area (Å²) in [4.78, 5) is 69.8. The number of thiazole rings is 1. The van der Waals surface area contributed by atoms with E-state index in [2.05, 4.69) is 36.7 Å². The van der Waals surface area contributed by atoms with Crippen molar-refractivity contribution in [3.63, 3.8) is 0 Å². The van der Waals surface area contributed by atoms with E-state index in [0.29, 0.717) is 21.5 Å². The van der Waals surface area contributed by atoms with Crippen LogP contribution in [0.25, 0.3) is 0 Å². The second-order valence-corrected chi connectivity index (χ2v) is 11.0. The minimum atomic E-state index is -0.953. The van der Waals surface area contributed by atoms with Crippen LogP contribution in [0, 0.1) is 10.1 Å². The van der Waals surface area contributed by atoms with Gasteiger partial charge < -0.3 is 20.2 Å². The number of nitrogens with zero attached hydrogens (tertiary/aromatic N) is 4. The number of halogens is 1. The smallest absolute Gasteiger partial charge is 0.355 e. The number of aromatic nitrogens is 1. The number of amides is 3. The number of ether oxygens (including phenoxy) is 1. The molecule has 17 heteroatoms. The number of nitrogens with one attached hydrogen (secondary N) is 2. The Kier molecular flexibility index (Phi) is 8.38. The summed E-state index contributed by atoms with van der Waals surface area (Å²) >= 11 is 5.67. The quantitative estimate of drug-likeness (QED) is 0.0986. The number of anilines is 1. The maximum atomic E-state index is 13.0. The van der Waals surface area contributed by atoms with Gasteiger partial charge in [-0.05, 0) is 39.7 Å². The first-order valence-electron chi connectivity index (χ1n) is 10.6. The fourth-order valence-electron chi connectivity index (χ4n) is 3.52. The SMILES string of the molecule is CO/N=C(\C(=O)NC1C(=O)N2C(C(=O)OCc3ccc([N+](=O)[O-])cc3)=CCS[C@H]12)c1nc(NC=O)sc1Br. The molecule has 2 aromatic rings. The number of thioether (sulfide) groups is 1. The van der Waals surface area contributed by atoms with Crippen molar-refractivity contribution >= 4 is 79.8 Å². The van der Waals surface area contributed by atoms with Gasteiger partial charge in [-0.25, -0.2) is 9.78 Å². The first kappa shape index (κ1) is 27.2. The van der Waals surface area contributed by atoms with Gasteiger partial charge in [0.1, 0.15) is 40.3 Å². The highest BCUT2D eigenvalue weighted by Crippen LogP contribution is 2.38. The Bertz CT molecular complexity index is 1360. The van der Waals surface area contributed by atoms with Crippen LogP contribution in [0.5, 0.6) is 0 Å². The largest absolute Gasteiger partial charge is 0.456 e. The van der Waals surface area contributed by atoms with E-state index in [9.17, 15) is 29.3 Å². The molecule has 1 unspecified atom stereocenters. The lowest BCUT2D eigenvalue weighted by Gasteiger charge is -2.48. The fourth-order valence-corrected chi connectivity index (χ4v) is 6.10. The average molecular weight is 625 g/mol. The maximum Gasteiger partial charge on any atom is 0.355 e. The molecule has 14 nitrogen and oxygen atoms in total. The lowest BCUT2D eigenvalue weighted by Crippen LogP contribution is -2.70. The van der Waals surface area contributed by atoms with Crippen LogP contribution in [0.4, 0.5) is 10.8 Å². The Hall–Kier alpha value is -3.83. The van der Waals surface area contributed by atoms with Crippen molar-refractivity contribution in [3.8, 4) is 0 Å². The van der Waals surface area contributed by atoms with Crippen molar-refractivity contribution in [1.82, 2.24) is 15.2 Å². The number of esters is 1. The monoisotopic (exact) mass is 624 g/mol. The molecule has 1 saturated heterocycles. The van der Waals surface area contributed by atoms with E-state index in [-0.39, 0.29) is 34.5 Å². The van der Waals surface area contributed by atoms with Crippen molar-refractivity contribution < 1.29 is 33.7 Å². The molecule has 2 N–H and O–H groups in total. The number of nitro groups is 1. The molecule has 0 radical (unpaired) electrons. The summed E-state index contributed by atoms with van der Waals surface area (Å²) in [6, 6.07) is 4.58. The first-order chi connectivity index (χ1) is 18.2. The van der Waals surface area contributed by atoms with E-state index in [1.54, 1.807) is 6.08 Å². The summed E-state index contributed by atoms with van der Waals surface area (Å²) in [5.41, 5.74) is 0.377. The lowest BCUT2D eigenvalue weighted by atomic mass is 10.0. The number of hydrogen-bond acceptors (Lipinski definition) is 12. The Balaban J connectivity index is 1.40. The third-order valence-electron chi connectivity index (χ3n) is 5.25. The highest BCUT2D eigenvalue weighted by Gasteiger charge is 2.53. The number of rotatable bonds is 10. The van der Waals surface area contributed by atoms with Gasteiger partial charge in [0.05, 0.1) is 4.92 Å². The number of fused-ring (bicyclic) bond motifs is 1. The topological polar surface area (TPSA) is 182 Å². The second-order valence-electron chi connectivity index (χ2n) is 7.50. The van der Waals surface area contributed by atoms with Crippen molar-refractivity contribution in [2.24, 2.45) is 5.16 Å². The van der Waals surface area contributed by atoms with E-state index < -0.39 is 34.1 Å². The summed E-state index contributed by atoms with van der Waals surface area (Å²) in [7, 11) is 1.24. The van der Waals surface area contributed by atoms with Crippen LogP contribution in [0.2, 0.25) is 0 Å². The Morgan fingerprint density at radius 1 is 1.37 bits per heavy atom. The maximum absolute atomic E-state index is 13.0. The zero-order valence-electron chi connectivity index (χ0n) is 19.3. The third kappa shape index (κ3) is 5.53. The van der Waals surface area contributed by atoms with Gasteiger partial charge in [-0.1, -0.05) is 16.5 Å². The molecule has 4 rings (SSSR count). The molecule has 38 heavy (non-hydrogen) atoms. The second kappa shape index (κ2) is 11.7. The molecule has 0 bridgehead atoms. The normalized spacial score (nSPS) is 18.5. The van der Waals surface area contributed by atoms with Gasteiger partial charge in [0.15, 0.2) is 10.8 Å². The number of β-lactam (4-membered cyclic amide) rings is 1. The molecule has 3 amide bonds. The van der Waals surface area contributed by atoms with Crippen molar-refractivity contribution in [3.05, 3.63) is 61.2 Å². The Morgan fingerprint density at radius 3 is 2.76 bits per heavy atom. The number of non-ortho nitro benzene ring substituents is 1. The standard InChI is InChI=1S/C21H17BrN6O8S2/c1-35-26-14(13-16(22)38-21(25-13)23-9-29)17(30)24-15-18(31)27-12(6-7-37-19(15)27)20(32)36-8-10-2-4-11(5-3-10)28(33)34/h2-6,9,15,19H,7-8H2,1H3,(H,24,30)(H,23,25,29)/b26-14-/t15?,19-/m1/s1. The molecule has 2 aliphatic rings. The molecule has 2 aliphatic heterocycles. The summed E-state index contributed by atoms with van der Waals surface area (Å²) < 4.78 is 5.71. The molecule has 1 fully saturated rings. The average Bonchev–Trinajstić information content (AvgIpc) is 3.27. The summed E-state index contributed by atoms with van der Waals surface area (Å²) in [6.07, 6.45) is 1.99. The molecule has 0 spiro atoms. The predicted octanol–water partition coefficient (Wildman–Crippen LogP) is 1.76. The summed E-state index contributed by atoms with van der Waals surface area (Å²) in [5, 5.41) is 19.2. The fraction of sp³-hybridized carbons (Fsp3) is 0.238. The first-order valence-corrected chi connectivity index (χ1v) is 13.2. The third-order valence-corrected chi connectivity index (χ3v) is 8.07. The molecular formula is C21H17BrN6O8S2. The van der Waals surface area contributed by atoms with Crippen molar-refractivity contribution in [1.29, 1.82) is 0 Å². The molecule has 1 aromatic carbocycles. The van der Waals surface area contributed by atoms with Gasteiger partial charge in [0.2, 0.25) is 6.41 Å². The van der Waals surface area contributed by atoms with Crippen LogP contribution >= 0.6 is 39.0 Å². The number of carbonyl (C=O) groups excluding carboxylic acids is 4. The van der Waals surface area contributed by atoms with E-state index in [0.717, 1.165) is 11.3 Å². The minimum absolute atomic E-state index is 0.0452. The summed E-state index contributed by atoms with van der Waals surface area (Å²) in [5.74, 6) is -1.62. The van der Waals surface area contributed by atoms with Crippen LogP contribution in [0.1, 0.15) is 11.3 Å². The van der Waals surface area contributed by atoms with Crippen molar-refractivity contribution in [2.75, 3.05) is 18.2 Å². The number of carbonyl (C=O) groups is 4. The van der Waals surface area contributed by atoms with Crippen LogP contribution in [0.15, 0.2) is 45.0 Å². The number of hydrogen-bond donors (Lipinski definition) is 2. The minimum Gasteiger partial charge on any atom is -0.456 e. The van der Waals surface area contributed by atoms with Gasteiger partial charge in [0.25, 0.3) is 17.5 Å². The van der Waals surface area contributed by atoms with E-state index >= 15 is 0 Å². The molecule has 2 atom stereocenters. The number of oxime groups is 1. The van der Waals surface area contributed by atoms with Crippen molar-refractivity contribution in [2.45, 2.75) is 18.0 Å². The van der Waals surface area contributed by atoms with Crippen LogP contribution < -0.4 is 10.6 Å². The molecule has 198 valence electrons. The molecule has 3 heterocycles. The Morgan fingerprint density at radius 2 is 2.11 bits per heavy atom. The van der Waals surface area contributed by atoms with E-state index in [1.165, 1.54) is 48.0 Å². The van der Waals surface area contributed by atoms with Gasteiger partial charge in [0, 0.05) is 17.9 Å². The molecule has 1 aromatic heterocycles. The van der Waals surface area contributed by atoms with Crippen LogP contribution in [-0.4, -0.2) is 69.0 Å². The molecule has 0 aliphatic carbocycles. The number of benzene rings is 1. The van der Waals surface area contributed by atoms with Gasteiger partial charge >= 0.3 is 5.97 Å². The molecule has 0 saturated carbocycles. The zero-order valence-corrected chi connectivity index (χ0v) is 22.5. The van der Waals surface area contributed by atoms with Crippen LogP contribution in [0.3, 0.4) is 0 Å². The van der Waals surface area contributed by atoms with Gasteiger partial charge in [-0.15, -0.1) is 11.8 Å². The lowest BCUT2D eigenvalue weighted by molar-refractivity contribution is -0.384. The Labute approximate surface area is 230 Å². The highest BCUT2D eigenvalue weighted by molar-refractivity contribution is 9.11. The predicted molar refractivity (Wildman–Crippen MR) is 139 cm³/mol. The molecular weight excluding hydrogens is 608 g/mol. The van der Waals surface area contributed by atoms with Gasteiger partial charge in [-0.2, -0.15) is 0 Å². The van der Waals surface area contributed by atoms with Gasteiger partial charge in [-0.3, -0.25) is 29.4 Å². The van der Waals surface area contributed by atoms with E-state index in [1.807, 2.05) is 0 Å². The van der Waals surface area contributed by atoms with E-state index in [4.69, 9.17) is 9.57 Å². The number of nitro benzene ring substituents is 1. The zero-order chi connectivity index (χ0) is 27.4. The van der Waals surface area contributed by atoms with Crippen LogP contribution in [-0.2, 0) is 35.4 Å². The summed E-state index contributed by atoms with van der Waals surface area (Å²) in [6.45, 7) is -0.144.